The summed E-state index contributed by atoms with van der Waals surface area (Å²) >= 11 is 0. The summed E-state index contributed by atoms with van der Waals surface area (Å²) in [4.78, 5) is 13.5. The van der Waals surface area contributed by atoms with Gasteiger partial charge >= 0.3 is 0 Å². The Kier molecular flexibility index (Phi) is 4.61. The summed E-state index contributed by atoms with van der Waals surface area (Å²) in [7, 11) is -5.14. The Bertz CT molecular complexity index is 792. The smallest absolute Gasteiger partial charge is 0.191 e. The molecule has 3 rings (SSSR count). The van der Waals surface area contributed by atoms with Crippen molar-refractivity contribution in [3.05, 3.63) is 42.5 Å². The molecule has 0 spiro atoms. The van der Waals surface area contributed by atoms with E-state index in [9.17, 15) is 13.2 Å². The van der Waals surface area contributed by atoms with Crippen LogP contribution in [0.1, 0.15) is 25.7 Å². The van der Waals surface area contributed by atoms with Crippen molar-refractivity contribution in [1.29, 1.82) is 0 Å². The second-order valence-electron chi connectivity index (χ2n) is 8.94. The number of hydrogen-bond donors (Lipinski definition) is 0. The number of carbonyl (C=O) groups is 1. The van der Waals surface area contributed by atoms with Crippen LogP contribution >= 0.6 is 0 Å². The normalized spacial score (nSPS) is 29.2. The predicted molar refractivity (Wildman–Crippen MR) is 104 cm³/mol. The largest absolute Gasteiger partial charge is 0.298 e. The lowest BCUT2D eigenvalue weighted by Crippen LogP contribution is -2.51. The van der Waals surface area contributed by atoms with Gasteiger partial charge in [-0.15, -0.1) is 6.58 Å². The summed E-state index contributed by atoms with van der Waals surface area (Å²) < 4.78 is 25.9. The predicted octanol–water partition coefficient (Wildman–Crippen LogP) is 4.48. The minimum Gasteiger partial charge on any atom is -0.298 e. The Morgan fingerprint density at radius 1 is 1.20 bits per heavy atom. The molecular formula is C20H28O3SSi. The van der Waals surface area contributed by atoms with Crippen molar-refractivity contribution in [2.45, 2.75) is 61.0 Å². The molecule has 0 amide bonds. The lowest BCUT2D eigenvalue weighted by Gasteiger charge is -2.37. The number of sulfone groups is 1. The first-order chi connectivity index (χ1) is 11.6. The molecular weight excluding hydrogens is 348 g/mol. The van der Waals surface area contributed by atoms with Crippen LogP contribution in [0.25, 0.3) is 0 Å². The molecule has 2 aliphatic carbocycles. The molecule has 2 aliphatic rings. The molecule has 2 fully saturated rings. The van der Waals surface area contributed by atoms with Crippen LogP contribution in [-0.4, -0.2) is 27.0 Å². The molecule has 0 radical (unpaired) electrons. The highest BCUT2D eigenvalue weighted by Crippen LogP contribution is 2.56. The summed E-state index contributed by atoms with van der Waals surface area (Å²) in [5, 5.41) is 0. The van der Waals surface area contributed by atoms with Crippen LogP contribution < -0.4 is 0 Å². The van der Waals surface area contributed by atoms with E-state index in [0.717, 1.165) is 30.9 Å². The monoisotopic (exact) mass is 376 g/mol. The fourth-order valence-electron chi connectivity index (χ4n) is 4.86. The third-order valence-electron chi connectivity index (χ3n) is 5.71. The SMILES string of the molecule is C=C(C[C@]1(S(=O)(=O)c2ccccc2)C(=O)[C@H]2CC[C@@H]1C2)C[Si](C)(C)C. The van der Waals surface area contributed by atoms with Gasteiger partial charge in [-0.25, -0.2) is 8.42 Å². The van der Waals surface area contributed by atoms with Gasteiger partial charge in [0, 0.05) is 14.0 Å². The maximum Gasteiger partial charge on any atom is 0.191 e. The summed E-state index contributed by atoms with van der Waals surface area (Å²) in [6.45, 7) is 10.9. The first kappa shape index (κ1) is 18.6. The molecule has 5 heteroatoms. The number of hydrogen-bond acceptors (Lipinski definition) is 3. The quantitative estimate of drug-likeness (QED) is 0.543. The van der Waals surface area contributed by atoms with Gasteiger partial charge in [0.25, 0.3) is 0 Å². The maximum absolute atomic E-state index is 13.6. The van der Waals surface area contributed by atoms with Crippen LogP contribution in [-0.2, 0) is 14.6 Å². The summed E-state index contributed by atoms with van der Waals surface area (Å²) in [5.74, 6) is -0.193. The van der Waals surface area contributed by atoms with E-state index in [0.29, 0.717) is 6.42 Å². The summed E-state index contributed by atoms with van der Waals surface area (Å²) in [6, 6.07) is 9.38. The van der Waals surface area contributed by atoms with Crippen LogP contribution in [0, 0.1) is 11.8 Å². The minimum absolute atomic E-state index is 0.0515. The lowest BCUT2D eigenvalue weighted by molar-refractivity contribution is -0.124. The van der Waals surface area contributed by atoms with Crippen molar-refractivity contribution in [2.24, 2.45) is 11.8 Å². The van der Waals surface area contributed by atoms with Gasteiger partial charge in [-0.1, -0.05) is 43.4 Å². The average molecular weight is 377 g/mol. The number of rotatable bonds is 6. The maximum atomic E-state index is 13.6. The van der Waals surface area contributed by atoms with Gasteiger partial charge in [0.15, 0.2) is 15.6 Å². The molecule has 3 nitrogen and oxygen atoms in total. The van der Waals surface area contributed by atoms with Crippen LogP contribution in [0.15, 0.2) is 47.4 Å². The highest BCUT2D eigenvalue weighted by atomic mass is 32.2. The average Bonchev–Trinajstić information content (AvgIpc) is 3.09. The van der Waals surface area contributed by atoms with Crippen LogP contribution in [0.3, 0.4) is 0 Å². The molecule has 1 aromatic carbocycles. The zero-order valence-electron chi connectivity index (χ0n) is 15.4. The summed E-state index contributed by atoms with van der Waals surface area (Å²) in [6.07, 6.45) is 2.71. The van der Waals surface area contributed by atoms with Gasteiger partial charge in [0.2, 0.25) is 0 Å². The van der Waals surface area contributed by atoms with Crippen molar-refractivity contribution in [2.75, 3.05) is 0 Å². The number of allylic oxidation sites excluding steroid dienone is 1. The van der Waals surface area contributed by atoms with Gasteiger partial charge in [0.1, 0.15) is 4.75 Å². The zero-order chi connectivity index (χ0) is 18.5. The van der Waals surface area contributed by atoms with E-state index in [1.807, 2.05) is 0 Å². The van der Waals surface area contributed by atoms with Crippen LogP contribution in [0.5, 0.6) is 0 Å². The number of benzene rings is 1. The Morgan fingerprint density at radius 3 is 2.36 bits per heavy atom. The molecule has 2 saturated carbocycles. The molecule has 3 atom stereocenters. The standard InChI is InChI=1S/C20H28O3SSi/c1-15(14-25(2,3)4)13-20(17-11-10-16(12-17)19(20)21)24(22,23)18-8-6-5-7-9-18/h5-9,16-17H,1,10-14H2,2-4H3/t16-,17+,20+/m0/s1. The van der Waals surface area contributed by atoms with Crippen LogP contribution in [0.4, 0.5) is 0 Å². The molecule has 0 saturated heterocycles. The van der Waals surface area contributed by atoms with E-state index in [1.165, 1.54) is 0 Å². The third-order valence-corrected chi connectivity index (χ3v) is 9.80. The van der Waals surface area contributed by atoms with Gasteiger partial charge in [-0.05, 0) is 49.8 Å². The molecule has 0 aromatic heterocycles. The molecule has 1 aromatic rings. The van der Waals surface area contributed by atoms with E-state index in [4.69, 9.17) is 0 Å². The van der Waals surface area contributed by atoms with Crippen molar-refractivity contribution in [3.8, 4) is 0 Å². The van der Waals surface area contributed by atoms with Gasteiger partial charge in [0.05, 0.1) is 4.90 Å². The first-order valence-electron chi connectivity index (χ1n) is 9.08. The second kappa shape index (κ2) is 6.20. The third kappa shape index (κ3) is 3.06. The summed E-state index contributed by atoms with van der Waals surface area (Å²) in [5.41, 5.74) is 0.930. The lowest BCUT2D eigenvalue weighted by atomic mass is 9.82. The molecule has 0 heterocycles. The Balaban J connectivity index is 2.06. The molecule has 0 aliphatic heterocycles. The van der Waals surface area contributed by atoms with Gasteiger partial charge in [-0.3, -0.25) is 4.79 Å². The van der Waals surface area contributed by atoms with Gasteiger partial charge in [-0.2, -0.15) is 0 Å². The Hall–Kier alpha value is -1.20. The minimum atomic E-state index is -3.73. The van der Waals surface area contributed by atoms with Crippen LogP contribution in [0.2, 0.25) is 25.7 Å². The molecule has 2 bridgehead atoms. The van der Waals surface area contributed by atoms with E-state index < -0.39 is 22.7 Å². The molecule has 25 heavy (non-hydrogen) atoms. The van der Waals surface area contributed by atoms with E-state index >= 15 is 0 Å². The Morgan fingerprint density at radius 2 is 1.84 bits per heavy atom. The number of ketones is 1. The fourth-order valence-corrected chi connectivity index (χ4v) is 8.90. The van der Waals surface area contributed by atoms with Crippen molar-refractivity contribution < 1.29 is 13.2 Å². The van der Waals surface area contributed by atoms with E-state index in [2.05, 4.69) is 26.2 Å². The van der Waals surface area contributed by atoms with Crippen molar-refractivity contribution in [1.82, 2.24) is 0 Å². The van der Waals surface area contributed by atoms with Gasteiger partial charge < -0.3 is 0 Å². The molecule has 136 valence electrons. The number of fused-ring (bicyclic) bond motifs is 2. The second-order valence-corrected chi connectivity index (χ2v) is 16.6. The topological polar surface area (TPSA) is 51.2 Å². The van der Waals surface area contributed by atoms with Crippen molar-refractivity contribution >= 4 is 23.7 Å². The van der Waals surface area contributed by atoms with E-state index in [-0.39, 0.29) is 22.5 Å². The highest BCUT2D eigenvalue weighted by Gasteiger charge is 2.65. The number of carbonyl (C=O) groups excluding carboxylic acids is 1. The molecule has 0 N–H and O–H groups in total. The number of Topliss-reactive ketones (excluding diaryl/α,β-unsaturated/α-hetero) is 1. The zero-order valence-corrected chi connectivity index (χ0v) is 17.2. The highest BCUT2D eigenvalue weighted by molar-refractivity contribution is 7.93. The fraction of sp³-hybridized carbons (Fsp3) is 0.550. The Labute approximate surface area is 152 Å². The van der Waals surface area contributed by atoms with E-state index in [1.54, 1.807) is 30.3 Å². The van der Waals surface area contributed by atoms with Crippen molar-refractivity contribution in [3.63, 3.8) is 0 Å². The first-order valence-corrected chi connectivity index (χ1v) is 14.3. The molecule has 0 unspecified atom stereocenters.